The van der Waals surface area contributed by atoms with Crippen molar-refractivity contribution in [3.05, 3.63) is 22.2 Å². The number of aryl methyl sites for hydroxylation is 1. The topological polar surface area (TPSA) is 55.1 Å². The summed E-state index contributed by atoms with van der Waals surface area (Å²) >= 11 is 3.37. The number of hydrogen-bond acceptors (Lipinski definition) is 2. The molecule has 0 bridgehead atoms. The number of nitrogen functional groups attached to an aromatic ring is 1. The summed E-state index contributed by atoms with van der Waals surface area (Å²) in [6.07, 6.45) is 0. The van der Waals surface area contributed by atoms with E-state index in [-0.39, 0.29) is 24.2 Å². The highest BCUT2D eigenvalue weighted by atomic mass is 79.9. The third-order valence-electron chi connectivity index (χ3n) is 2.13. The quantitative estimate of drug-likeness (QED) is 0.823. The summed E-state index contributed by atoms with van der Waals surface area (Å²) in [5, 5.41) is 2.80. The van der Waals surface area contributed by atoms with Crippen LogP contribution in [0, 0.1) is 12.8 Å². The van der Waals surface area contributed by atoms with Gasteiger partial charge in [0.05, 0.1) is 11.4 Å². The number of anilines is 2. The number of nitrogens with one attached hydrogen (secondary N) is 1. The first-order valence-corrected chi connectivity index (χ1v) is 5.57. The lowest BCUT2D eigenvalue weighted by Crippen LogP contribution is -2.18. The number of hydrogen-bond donors (Lipinski definition) is 2. The van der Waals surface area contributed by atoms with Gasteiger partial charge in [-0.05, 0) is 24.6 Å². The first-order chi connectivity index (χ1) is 6.91. The first kappa shape index (κ1) is 15.3. The van der Waals surface area contributed by atoms with E-state index in [0.717, 1.165) is 10.0 Å². The maximum atomic E-state index is 11.5. The van der Waals surface area contributed by atoms with Crippen molar-refractivity contribution in [2.75, 3.05) is 11.1 Å². The molecule has 0 unspecified atom stereocenters. The van der Waals surface area contributed by atoms with Gasteiger partial charge in [-0.1, -0.05) is 29.8 Å². The van der Waals surface area contributed by atoms with Gasteiger partial charge in [0.15, 0.2) is 0 Å². The van der Waals surface area contributed by atoms with E-state index in [1.165, 1.54) is 0 Å². The van der Waals surface area contributed by atoms with Gasteiger partial charge in [0.1, 0.15) is 0 Å². The second kappa shape index (κ2) is 6.11. The lowest BCUT2D eigenvalue weighted by molar-refractivity contribution is -0.118. The smallest absolute Gasteiger partial charge is 0.226 e. The Kier molecular flexibility index (Phi) is 5.83. The fourth-order valence-corrected chi connectivity index (χ4v) is 1.71. The molecule has 1 rings (SSSR count). The molecule has 1 aromatic carbocycles. The number of halogens is 2. The van der Waals surface area contributed by atoms with Crippen LogP contribution >= 0.6 is 28.3 Å². The molecule has 90 valence electrons. The molecule has 16 heavy (non-hydrogen) atoms. The average molecular weight is 308 g/mol. The van der Waals surface area contributed by atoms with Crippen molar-refractivity contribution in [1.29, 1.82) is 0 Å². The molecular weight excluding hydrogens is 291 g/mol. The third kappa shape index (κ3) is 3.68. The minimum absolute atomic E-state index is 0. The molecule has 0 aliphatic heterocycles. The van der Waals surface area contributed by atoms with Crippen molar-refractivity contribution in [3.63, 3.8) is 0 Å². The Hall–Kier alpha value is -0.740. The van der Waals surface area contributed by atoms with Gasteiger partial charge in [0.2, 0.25) is 5.91 Å². The summed E-state index contributed by atoms with van der Waals surface area (Å²) in [6, 6.07) is 3.73. The van der Waals surface area contributed by atoms with E-state index in [0.29, 0.717) is 11.4 Å². The van der Waals surface area contributed by atoms with Crippen LogP contribution in [-0.4, -0.2) is 5.91 Å². The molecule has 5 heteroatoms. The van der Waals surface area contributed by atoms with Crippen LogP contribution in [0.5, 0.6) is 0 Å². The Morgan fingerprint density at radius 3 is 2.50 bits per heavy atom. The summed E-state index contributed by atoms with van der Waals surface area (Å²) in [5.74, 6) is -0.0807. The zero-order chi connectivity index (χ0) is 11.6. The van der Waals surface area contributed by atoms with Gasteiger partial charge in [-0.15, -0.1) is 12.4 Å². The second-order valence-corrected chi connectivity index (χ2v) is 4.74. The van der Waals surface area contributed by atoms with E-state index < -0.39 is 0 Å². The van der Waals surface area contributed by atoms with Crippen LogP contribution < -0.4 is 11.1 Å². The van der Waals surface area contributed by atoms with Crippen molar-refractivity contribution in [3.8, 4) is 0 Å². The highest BCUT2D eigenvalue weighted by Crippen LogP contribution is 2.27. The fraction of sp³-hybridized carbons (Fsp3) is 0.364. The van der Waals surface area contributed by atoms with Crippen LogP contribution in [-0.2, 0) is 4.79 Å². The van der Waals surface area contributed by atoms with E-state index >= 15 is 0 Å². The first-order valence-electron chi connectivity index (χ1n) is 4.78. The minimum Gasteiger partial charge on any atom is -0.397 e. The Morgan fingerprint density at radius 2 is 2.00 bits per heavy atom. The van der Waals surface area contributed by atoms with Gasteiger partial charge in [-0.25, -0.2) is 0 Å². The summed E-state index contributed by atoms with van der Waals surface area (Å²) in [7, 11) is 0. The molecule has 0 radical (unpaired) electrons. The van der Waals surface area contributed by atoms with Gasteiger partial charge in [0.25, 0.3) is 0 Å². The largest absolute Gasteiger partial charge is 0.397 e. The number of rotatable bonds is 2. The molecule has 0 aliphatic rings. The van der Waals surface area contributed by atoms with Crippen molar-refractivity contribution in [1.82, 2.24) is 0 Å². The van der Waals surface area contributed by atoms with Crippen molar-refractivity contribution >= 4 is 45.6 Å². The SMILES string of the molecule is Cc1cc(Br)cc(NC(=O)C(C)C)c1N.Cl. The Morgan fingerprint density at radius 1 is 1.44 bits per heavy atom. The molecule has 0 saturated heterocycles. The Bertz CT molecular complexity index is 394. The van der Waals surface area contributed by atoms with Crippen LogP contribution in [0.15, 0.2) is 16.6 Å². The van der Waals surface area contributed by atoms with Crippen molar-refractivity contribution in [2.45, 2.75) is 20.8 Å². The lowest BCUT2D eigenvalue weighted by atomic mass is 10.1. The molecule has 0 saturated carbocycles. The number of carbonyl (C=O) groups excluding carboxylic acids is 1. The standard InChI is InChI=1S/C11H15BrN2O.ClH/c1-6(2)11(15)14-9-5-8(12)4-7(3)10(9)13;/h4-6H,13H2,1-3H3,(H,14,15);1H. The average Bonchev–Trinajstić information content (AvgIpc) is 2.13. The molecular formula is C11H16BrClN2O. The molecule has 0 heterocycles. The highest BCUT2D eigenvalue weighted by Gasteiger charge is 2.10. The van der Waals surface area contributed by atoms with E-state index in [2.05, 4.69) is 21.2 Å². The van der Waals surface area contributed by atoms with Gasteiger partial charge in [-0.3, -0.25) is 4.79 Å². The molecule has 1 amide bonds. The van der Waals surface area contributed by atoms with Crippen molar-refractivity contribution in [2.24, 2.45) is 5.92 Å². The van der Waals surface area contributed by atoms with Gasteiger partial charge >= 0.3 is 0 Å². The van der Waals surface area contributed by atoms with Crippen LogP contribution in [0.2, 0.25) is 0 Å². The molecule has 0 fully saturated rings. The van der Waals surface area contributed by atoms with E-state index in [1.54, 1.807) is 0 Å². The van der Waals surface area contributed by atoms with Crippen molar-refractivity contribution < 1.29 is 4.79 Å². The zero-order valence-electron chi connectivity index (χ0n) is 9.50. The summed E-state index contributed by atoms with van der Waals surface area (Å²) < 4.78 is 0.910. The number of amides is 1. The summed E-state index contributed by atoms with van der Waals surface area (Å²) in [6.45, 7) is 5.60. The van der Waals surface area contributed by atoms with E-state index in [4.69, 9.17) is 5.73 Å². The Labute approximate surface area is 110 Å². The van der Waals surface area contributed by atoms with Gasteiger partial charge in [-0.2, -0.15) is 0 Å². The number of carbonyl (C=O) groups is 1. The lowest BCUT2D eigenvalue weighted by Gasteiger charge is -2.12. The minimum atomic E-state index is -0.0521. The molecule has 0 atom stereocenters. The van der Waals surface area contributed by atoms with Gasteiger partial charge in [0, 0.05) is 10.4 Å². The highest BCUT2D eigenvalue weighted by molar-refractivity contribution is 9.10. The zero-order valence-corrected chi connectivity index (χ0v) is 11.9. The number of nitrogens with two attached hydrogens (primary N) is 1. The van der Waals surface area contributed by atoms with Gasteiger partial charge < -0.3 is 11.1 Å². The van der Waals surface area contributed by atoms with Crippen LogP contribution in [0.25, 0.3) is 0 Å². The van der Waals surface area contributed by atoms with E-state index in [9.17, 15) is 4.79 Å². The molecule has 0 spiro atoms. The van der Waals surface area contributed by atoms with Crippen LogP contribution in [0.1, 0.15) is 19.4 Å². The predicted octanol–water partition coefficient (Wildman–Crippen LogP) is 3.36. The van der Waals surface area contributed by atoms with E-state index in [1.807, 2.05) is 32.9 Å². The maximum Gasteiger partial charge on any atom is 0.226 e. The van der Waals surface area contributed by atoms with Crippen LogP contribution in [0.4, 0.5) is 11.4 Å². The fourth-order valence-electron chi connectivity index (χ4n) is 1.13. The summed E-state index contributed by atoms with van der Waals surface area (Å²) in [5.41, 5.74) is 8.10. The number of benzene rings is 1. The van der Waals surface area contributed by atoms with Crippen LogP contribution in [0.3, 0.4) is 0 Å². The molecule has 0 aliphatic carbocycles. The molecule has 3 N–H and O–H groups in total. The molecule has 3 nitrogen and oxygen atoms in total. The Balaban J connectivity index is 0.00000225. The monoisotopic (exact) mass is 306 g/mol. The maximum absolute atomic E-state index is 11.5. The predicted molar refractivity (Wildman–Crippen MR) is 74.0 cm³/mol. The molecule has 1 aromatic rings. The molecule has 0 aromatic heterocycles. The summed E-state index contributed by atoms with van der Waals surface area (Å²) in [4.78, 5) is 11.5. The second-order valence-electron chi connectivity index (χ2n) is 3.83. The normalized spacial score (nSPS) is 9.81. The third-order valence-corrected chi connectivity index (χ3v) is 2.59.